The van der Waals surface area contributed by atoms with Crippen LogP contribution in [0.15, 0.2) is 66.7 Å². The molecule has 35 heavy (non-hydrogen) atoms. The summed E-state index contributed by atoms with van der Waals surface area (Å²) in [6.45, 7) is 1.91. The monoisotopic (exact) mass is 491 g/mol. The first-order valence-electron chi connectivity index (χ1n) is 11.6. The maximum Gasteiger partial charge on any atom is 0.321 e. The molecular formula is C27H26ClN3O4. The summed E-state index contributed by atoms with van der Waals surface area (Å²) in [6.07, 6.45) is 1.87. The highest BCUT2D eigenvalue weighted by molar-refractivity contribution is 6.30. The fourth-order valence-electron chi connectivity index (χ4n) is 4.44. The third-order valence-electron chi connectivity index (χ3n) is 6.31. The van der Waals surface area contributed by atoms with E-state index >= 15 is 0 Å². The van der Waals surface area contributed by atoms with E-state index in [4.69, 9.17) is 21.1 Å². The number of ether oxygens (including phenoxy) is 2. The number of hydrogen-bond acceptors (Lipinski definition) is 4. The average molecular weight is 492 g/mol. The van der Waals surface area contributed by atoms with Crippen LogP contribution in [0, 0.1) is 0 Å². The lowest BCUT2D eigenvalue weighted by molar-refractivity contribution is 0.0950. The van der Waals surface area contributed by atoms with Crippen molar-refractivity contribution in [2.75, 3.05) is 25.2 Å². The summed E-state index contributed by atoms with van der Waals surface area (Å²) >= 11 is 5.93. The molecule has 3 aromatic carbocycles. The third-order valence-corrected chi connectivity index (χ3v) is 6.57. The van der Waals surface area contributed by atoms with Crippen LogP contribution in [0.3, 0.4) is 0 Å². The van der Waals surface area contributed by atoms with Crippen molar-refractivity contribution in [3.63, 3.8) is 0 Å². The summed E-state index contributed by atoms with van der Waals surface area (Å²) in [5.74, 6) is 1.44. The zero-order chi connectivity index (χ0) is 24.2. The Bertz CT molecular complexity index is 1230. The molecule has 3 amide bonds. The Kier molecular flexibility index (Phi) is 6.77. The molecule has 2 N–H and O–H groups in total. The average Bonchev–Trinajstić information content (AvgIpc) is 3.37. The van der Waals surface area contributed by atoms with Gasteiger partial charge in [0.05, 0.1) is 0 Å². The Morgan fingerprint density at radius 3 is 2.69 bits per heavy atom. The van der Waals surface area contributed by atoms with E-state index in [2.05, 4.69) is 10.6 Å². The molecule has 0 aliphatic carbocycles. The molecule has 1 unspecified atom stereocenters. The van der Waals surface area contributed by atoms with Gasteiger partial charge in [-0.1, -0.05) is 29.8 Å². The number of carbonyl (C=O) groups excluding carboxylic acids is 2. The van der Waals surface area contributed by atoms with Crippen LogP contribution in [0.25, 0.3) is 0 Å². The Balaban J connectivity index is 1.20. The Hall–Kier alpha value is -3.71. The SMILES string of the molecule is O=C(NCc1ccc2c(c1)OCO2)c1cccc(C2CCCN(C(=O)Nc3ccc(Cl)cc3)C2)c1. The molecule has 1 atom stereocenters. The molecule has 7 nitrogen and oxygen atoms in total. The van der Waals surface area contributed by atoms with Gasteiger partial charge in [0.25, 0.3) is 5.91 Å². The molecule has 3 aromatic rings. The molecule has 0 saturated carbocycles. The quantitative estimate of drug-likeness (QED) is 0.500. The van der Waals surface area contributed by atoms with E-state index in [1.807, 2.05) is 47.4 Å². The number of carbonyl (C=O) groups is 2. The van der Waals surface area contributed by atoms with Crippen LogP contribution >= 0.6 is 11.6 Å². The van der Waals surface area contributed by atoms with Crippen molar-refractivity contribution in [3.05, 3.63) is 88.4 Å². The highest BCUT2D eigenvalue weighted by Crippen LogP contribution is 2.32. The van der Waals surface area contributed by atoms with Crippen molar-refractivity contribution in [1.82, 2.24) is 10.2 Å². The van der Waals surface area contributed by atoms with Crippen LogP contribution in [0.5, 0.6) is 11.5 Å². The lowest BCUT2D eigenvalue weighted by atomic mass is 9.89. The predicted molar refractivity (Wildman–Crippen MR) is 134 cm³/mol. The van der Waals surface area contributed by atoms with E-state index in [0.29, 0.717) is 41.7 Å². The van der Waals surface area contributed by atoms with Gasteiger partial charge in [0, 0.05) is 41.8 Å². The van der Waals surface area contributed by atoms with Gasteiger partial charge in [-0.2, -0.15) is 0 Å². The Morgan fingerprint density at radius 1 is 1.00 bits per heavy atom. The number of anilines is 1. The summed E-state index contributed by atoms with van der Waals surface area (Å²) < 4.78 is 10.7. The molecule has 2 aliphatic rings. The van der Waals surface area contributed by atoms with Crippen LogP contribution in [-0.4, -0.2) is 36.7 Å². The summed E-state index contributed by atoms with van der Waals surface area (Å²) in [4.78, 5) is 27.5. The molecule has 180 valence electrons. The number of amides is 3. The number of fused-ring (bicyclic) bond motifs is 1. The molecule has 0 radical (unpaired) electrons. The van der Waals surface area contributed by atoms with Crippen molar-refractivity contribution in [2.45, 2.75) is 25.3 Å². The lowest BCUT2D eigenvalue weighted by Gasteiger charge is -2.33. The number of likely N-dealkylation sites (tertiary alicyclic amines) is 1. The minimum Gasteiger partial charge on any atom is -0.454 e. The van der Waals surface area contributed by atoms with Crippen molar-refractivity contribution in [2.24, 2.45) is 0 Å². The van der Waals surface area contributed by atoms with Gasteiger partial charge in [0.15, 0.2) is 11.5 Å². The molecular weight excluding hydrogens is 466 g/mol. The number of urea groups is 1. The zero-order valence-corrected chi connectivity index (χ0v) is 19.9. The van der Waals surface area contributed by atoms with E-state index in [9.17, 15) is 9.59 Å². The standard InChI is InChI=1S/C27H26ClN3O4/c28-22-7-9-23(10-8-22)30-27(33)31-12-2-5-21(16-31)19-3-1-4-20(14-19)26(32)29-15-18-6-11-24-25(13-18)35-17-34-24/h1,3-4,6-11,13-14,21H,2,5,12,15-17H2,(H,29,32)(H,30,33). The predicted octanol–water partition coefficient (Wildman–Crippen LogP) is 5.41. The van der Waals surface area contributed by atoms with Crippen LogP contribution in [-0.2, 0) is 6.54 Å². The van der Waals surface area contributed by atoms with Gasteiger partial charge in [-0.3, -0.25) is 4.79 Å². The molecule has 2 aliphatic heterocycles. The summed E-state index contributed by atoms with van der Waals surface area (Å²) in [7, 11) is 0. The maximum atomic E-state index is 12.8. The second kappa shape index (κ2) is 10.3. The number of nitrogens with zero attached hydrogens (tertiary/aromatic N) is 1. The Labute approximate surface area is 209 Å². The molecule has 0 aromatic heterocycles. The first kappa shape index (κ1) is 23.1. The molecule has 2 heterocycles. The largest absolute Gasteiger partial charge is 0.454 e. The number of halogens is 1. The second-order valence-electron chi connectivity index (χ2n) is 8.72. The number of rotatable bonds is 5. The van der Waals surface area contributed by atoms with Gasteiger partial charge < -0.3 is 25.0 Å². The summed E-state index contributed by atoms with van der Waals surface area (Å²) in [5, 5.41) is 6.54. The highest BCUT2D eigenvalue weighted by Gasteiger charge is 2.25. The van der Waals surface area contributed by atoms with E-state index < -0.39 is 0 Å². The van der Waals surface area contributed by atoms with Gasteiger partial charge in [-0.05, 0) is 72.5 Å². The van der Waals surface area contributed by atoms with E-state index in [1.165, 1.54) is 0 Å². The zero-order valence-electron chi connectivity index (χ0n) is 19.1. The molecule has 5 rings (SSSR count). The molecule has 1 fully saturated rings. The summed E-state index contributed by atoms with van der Waals surface area (Å²) in [5.41, 5.74) is 3.31. The molecule has 0 spiro atoms. The van der Waals surface area contributed by atoms with Crippen molar-refractivity contribution >= 4 is 29.2 Å². The maximum absolute atomic E-state index is 12.8. The van der Waals surface area contributed by atoms with Gasteiger partial charge in [0.2, 0.25) is 6.79 Å². The van der Waals surface area contributed by atoms with E-state index in [-0.39, 0.29) is 24.6 Å². The smallest absolute Gasteiger partial charge is 0.321 e. The lowest BCUT2D eigenvalue weighted by Crippen LogP contribution is -2.41. The van der Waals surface area contributed by atoms with Crippen LogP contribution in [0.4, 0.5) is 10.5 Å². The van der Waals surface area contributed by atoms with E-state index in [0.717, 1.165) is 29.7 Å². The minimum absolute atomic E-state index is 0.130. The number of piperidine rings is 1. The number of nitrogens with one attached hydrogen (secondary N) is 2. The van der Waals surface area contributed by atoms with Crippen molar-refractivity contribution < 1.29 is 19.1 Å². The van der Waals surface area contributed by atoms with Crippen molar-refractivity contribution in [3.8, 4) is 11.5 Å². The summed E-state index contributed by atoms with van der Waals surface area (Å²) in [6, 6.07) is 20.3. The van der Waals surface area contributed by atoms with Gasteiger partial charge in [-0.15, -0.1) is 0 Å². The fraction of sp³-hybridized carbons (Fsp3) is 0.259. The second-order valence-corrected chi connectivity index (χ2v) is 9.15. The van der Waals surface area contributed by atoms with Gasteiger partial charge in [-0.25, -0.2) is 4.79 Å². The number of hydrogen-bond donors (Lipinski definition) is 2. The number of benzene rings is 3. The highest BCUT2D eigenvalue weighted by atomic mass is 35.5. The van der Waals surface area contributed by atoms with Crippen LogP contribution in [0.1, 0.15) is 40.2 Å². The Morgan fingerprint density at radius 2 is 1.83 bits per heavy atom. The van der Waals surface area contributed by atoms with Crippen molar-refractivity contribution in [1.29, 1.82) is 0 Å². The minimum atomic E-state index is -0.141. The van der Waals surface area contributed by atoms with E-state index in [1.54, 1.807) is 24.3 Å². The third kappa shape index (κ3) is 5.52. The first-order chi connectivity index (χ1) is 17.0. The topological polar surface area (TPSA) is 79.9 Å². The van der Waals surface area contributed by atoms with Gasteiger partial charge >= 0.3 is 6.03 Å². The molecule has 1 saturated heterocycles. The molecule has 0 bridgehead atoms. The van der Waals surface area contributed by atoms with Crippen LogP contribution in [0.2, 0.25) is 5.02 Å². The first-order valence-corrected chi connectivity index (χ1v) is 12.0. The fourth-order valence-corrected chi connectivity index (χ4v) is 4.56. The van der Waals surface area contributed by atoms with Crippen LogP contribution < -0.4 is 20.1 Å². The molecule has 8 heteroatoms. The normalized spacial score (nSPS) is 16.6. The van der Waals surface area contributed by atoms with Gasteiger partial charge in [0.1, 0.15) is 0 Å².